The van der Waals surface area contributed by atoms with Crippen LogP contribution in [-0.2, 0) is 10.2 Å². The van der Waals surface area contributed by atoms with Gasteiger partial charge in [-0.15, -0.1) is 5.10 Å². The Morgan fingerprint density at radius 2 is 1.77 bits per heavy atom. The van der Waals surface area contributed by atoms with E-state index in [1.165, 1.54) is 0 Å². The molecule has 1 aromatic heterocycles. The molecule has 0 unspecified atom stereocenters. The first kappa shape index (κ1) is 16.6. The van der Waals surface area contributed by atoms with E-state index in [4.69, 9.17) is 4.42 Å². The normalized spacial score (nSPS) is 17.5. The molecule has 2 rings (SSSR count). The molecule has 1 aliphatic heterocycles. The summed E-state index contributed by atoms with van der Waals surface area (Å²) in [6, 6.07) is 0.284. The Hall–Kier alpha value is -1.80. The average Bonchev–Trinajstić information content (AvgIpc) is 2.76. The van der Waals surface area contributed by atoms with Crippen LogP contribution < -0.4 is 4.90 Å². The summed E-state index contributed by atoms with van der Waals surface area (Å²) in [7, 11) is 0. The Labute approximate surface area is 126 Å². The number of aromatic nitrogens is 2. The van der Waals surface area contributed by atoms with Crippen molar-refractivity contribution in [2.24, 2.45) is 0 Å². The summed E-state index contributed by atoms with van der Waals surface area (Å²) < 4.78 is 43.0. The predicted octanol–water partition coefficient (Wildman–Crippen LogP) is 1.97. The molecule has 0 atom stereocenters. The molecule has 0 N–H and O–H groups in total. The molecule has 6 nitrogen and oxygen atoms in total. The van der Waals surface area contributed by atoms with Crippen molar-refractivity contribution in [3.8, 4) is 0 Å². The molecule has 1 saturated heterocycles. The Morgan fingerprint density at radius 3 is 2.32 bits per heavy atom. The molecule has 22 heavy (non-hydrogen) atoms. The number of halogens is 3. The van der Waals surface area contributed by atoms with Crippen LogP contribution in [0.4, 0.5) is 19.2 Å². The molecule has 0 radical (unpaired) electrons. The summed E-state index contributed by atoms with van der Waals surface area (Å²) in [5, 5.41) is 7.92. The highest BCUT2D eigenvalue weighted by atomic mass is 19.4. The van der Waals surface area contributed by atoms with E-state index in [0.717, 1.165) is 4.90 Å². The van der Waals surface area contributed by atoms with Gasteiger partial charge in [-0.1, -0.05) is 25.9 Å². The van der Waals surface area contributed by atoms with Crippen LogP contribution in [0.15, 0.2) is 4.42 Å². The highest BCUT2D eigenvalue weighted by Crippen LogP contribution is 2.25. The highest BCUT2D eigenvalue weighted by Gasteiger charge is 2.42. The molecule has 0 aliphatic carbocycles. The lowest BCUT2D eigenvalue weighted by atomic mass is 9.97. The van der Waals surface area contributed by atoms with Crippen molar-refractivity contribution in [2.45, 2.75) is 38.8 Å². The lowest BCUT2D eigenvalue weighted by Gasteiger charge is -2.22. The Kier molecular flexibility index (Phi) is 4.35. The van der Waals surface area contributed by atoms with Gasteiger partial charge in [-0.25, -0.2) is 0 Å². The zero-order valence-corrected chi connectivity index (χ0v) is 12.8. The van der Waals surface area contributed by atoms with Crippen molar-refractivity contribution < 1.29 is 22.4 Å². The number of carbonyl (C=O) groups is 1. The molecule has 1 aliphatic rings. The SMILES string of the molecule is CC(C)(C)c1nnc(N2CCCN(C(=O)C(F)(F)F)CC2)o1. The Bertz CT molecular complexity index is 536. The van der Waals surface area contributed by atoms with Gasteiger partial charge in [0, 0.05) is 31.6 Å². The van der Waals surface area contributed by atoms with Crippen LogP contribution in [0.3, 0.4) is 0 Å². The molecule has 124 valence electrons. The van der Waals surface area contributed by atoms with Crippen LogP contribution in [0.25, 0.3) is 0 Å². The van der Waals surface area contributed by atoms with E-state index < -0.39 is 12.1 Å². The van der Waals surface area contributed by atoms with Crippen LogP contribution >= 0.6 is 0 Å². The minimum atomic E-state index is -4.83. The van der Waals surface area contributed by atoms with E-state index in [2.05, 4.69) is 10.2 Å². The maximum absolute atomic E-state index is 12.5. The third-order valence-electron chi connectivity index (χ3n) is 3.35. The van der Waals surface area contributed by atoms with Gasteiger partial charge in [-0.2, -0.15) is 13.2 Å². The topological polar surface area (TPSA) is 62.5 Å². The molecular weight excluding hydrogens is 301 g/mol. The summed E-state index contributed by atoms with van der Waals surface area (Å²) in [4.78, 5) is 13.8. The number of hydrogen-bond donors (Lipinski definition) is 0. The van der Waals surface area contributed by atoms with Crippen molar-refractivity contribution in [1.82, 2.24) is 15.1 Å². The van der Waals surface area contributed by atoms with Crippen molar-refractivity contribution in [3.63, 3.8) is 0 Å². The molecule has 9 heteroatoms. The molecule has 1 fully saturated rings. The van der Waals surface area contributed by atoms with Gasteiger partial charge in [-0.3, -0.25) is 4.79 Å². The lowest BCUT2D eigenvalue weighted by molar-refractivity contribution is -0.185. The van der Waals surface area contributed by atoms with Gasteiger partial charge in [0.15, 0.2) is 0 Å². The lowest BCUT2D eigenvalue weighted by Crippen LogP contribution is -2.43. The fourth-order valence-electron chi connectivity index (χ4n) is 2.14. The fraction of sp³-hybridized carbons (Fsp3) is 0.769. The van der Waals surface area contributed by atoms with E-state index in [0.29, 0.717) is 18.9 Å². The van der Waals surface area contributed by atoms with Crippen LogP contribution in [-0.4, -0.2) is 53.4 Å². The molecule has 0 aromatic carbocycles. The summed E-state index contributed by atoms with van der Waals surface area (Å²) in [5.41, 5.74) is -0.296. The van der Waals surface area contributed by atoms with E-state index >= 15 is 0 Å². The number of alkyl halides is 3. The van der Waals surface area contributed by atoms with Gasteiger partial charge in [0.25, 0.3) is 0 Å². The maximum Gasteiger partial charge on any atom is 0.471 e. The third-order valence-corrected chi connectivity index (χ3v) is 3.35. The summed E-state index contributed by atoms with van der Waals surface area (Å²) in [6.45, 7) is 6.52. The summed E-state index contributed by atoms with van der Waals surface area (Å²) in [5.74, 6) is -1.33. The van der Waals surface area contributed by atoms with E-state index in [1.54, 1.807) is 4.90 Å². The first-order valence-corrected chi connectivity index (χ1v) is 7.04. The second kappa shape index (κ2) is 5.77. The second-order valence-electron chi connectivity index (χ2n) is 6.27. The summed E-state index contributed by atoms with van der Waals surface area (Å²) in [6.07, 6.45) is -4.42. The van der Waals surface area contributed by atoms with Crippen molar-refractivity contribution in [3.05, 3.63) is 5.89 Å². The quantitative estimate of drug-likeness (QED) is 0.791. The smallest absolute Gasteiger partial charge is 0.407 e. The van der Waals surface area contributed by atoms with Crippen molar-refractivity contribution >= 4 is 11.9 Å². The van der Waals surface area contributed by atoms with Gasteiger partial charge in [0.2, 0.25) is 5.89 Å². The molecule has 0 bridgehead atoms. The second-order valence-corrected chi connectivity index (χ2v) is 6.27. The van der Waals surface area contributed by atoms with Gasteiger partial charge < -0.3 is 14.2 Å². The number of hydrogen-bond acceptors (Lipinski definition) is 5. The molecular formula is C13H19F3N4O2. The Balaban J connectivity index is 2.04. The largest absolute Gasteiger partial charge is 0.471 e. The minimum absolute atomic E-state index is 0.0222. The first-order chi connectivity index (χ1) is 10.1. The maximum atomic E-state index is 12.5. The van der Waals surface area contributed by atoms with Crippen molar-refractivity contribution in [1.29, 1.82) is 0 Å². The van der Waals surface area contributed by atoms with E-state index in [1.807, 2.05) is 20.8 Å². The van der Waals surface area contributed by atoms with Crippen LogP contribution in [0, 0.1) is 0 Å². The molecule has 1 aromatic rings. The predicted molar refractivity (Wildman–Crippen MR) is 72.5 cm³/mol. The Morgan fingerprint density at radius 1 is 1.09 bits per heavy atom. The molecule has 0 saturated carbocycles. The van der Waals surface area contributed by atoms with E-state index in [-0.39, 0.29) is 31.1 Å². The minimum Gasteiger partial charge on any atom is -0.407 e. The van der Waals surface area contributed by atoms with Gasteiger partial charge in [0.05, 0.1) is 0 Å². The fourth-order valence-corrected chi connectivity index (χ4v) is 2.14. The van der Waals surface area contributed by atoms with Gasteiger partial charge in [-0.05, 0) is 6.42 Å². The van der Waals surface area contributed by atoms with Gasteiger partial charge >= 0.3 is 18.1 Å². The standard InChI is InChI=1S/C13H19F3N4O2/c1-12(2,3)9-17-18-11(22-9)20-6-4-5-19(7-8-20)10(21)13(14,15)16/h4-8H2,1-3H3. The zero-order valence-electron chi connectivity index (χ0n) is 12.8. The highest BCUT2D eigenvalue weighted by molar-refractivity contribution is 5.81. The van der Waals surface area contributed by atoms with Crippen LogP contribution in [0.1, 0.15) is 33.1 Å². The number of rotatable bonds is 1. The number of nitrogens with zero attached hydrogens (tertiary/aromatic N) is 4. The summed E-state index contributed by atoms with van der Waals surface area (Å²) >= 11 is 0. The molecule has 0 spiro atoms. The number of amides is 1. The average molecular weight is 320 g/mol. The van der Waals surface area contributed by atoms with E-state index in [9.17, 15) is 18.0 Å². The first-order valence-electron chi connectivity index (χ1n) is 7.04. The molecule has 2 heterocycles. The number of carbonyl (C=O) groups excluding carboxylic acids is 1. The monoisotopic (exact) mass is 320 g/mol. The number of anilines is 1. The van der Waals surface area contributed by atoms with Crippen LogP contribution in [0.5, 0.6) is 0 Å². The van der Waals surface area contributed by atoms with Crippen LogP contribution in [0.2, 0.25) is 0 Å². The molecule has 1 amide bonds. The third kappa shape index (κ3) is 3.69. The zero-order chi connectivity index (χ0) is 16.5. The van der Waals surface area contributed by atoms with Gasteiger partial charge in [0.1, 0.15) is 0 Å². The van der Waals surface area contributed by atoms with Crippen molar-refractivity contribution in [2.75, 3.05) is 31.1 Å².